The van der Waals surface area contributed by atoms with E-state index in [1.54, 1.807) is 7.11 Å². The van der Waals surface area contributed by atoms with Crippen molar-refractivity contribution >= 4 is 74.8 Å². The van der Waals surface area contributed by atoms with Gasteiger partial charge in [0.2, 0.25) is 5.91 Å². The highest BCUT2D eigenvalue weighted by Gasteiger charge is 2.42. The number of rotatable bonds is 25. The summed E-state index contributed by atoms with van der Waals surface area (Å²) < 4.78 is 34.3. The number of nitrogens with one attached hydrogen (secondary N) is 4. The van der Waals surface area contributed by atoms with Crippen molar-refractivity contribution in [2.45, 2.75) is 43.0 Å². The molecule has 3 rings (SSSR count). The number of hydrogen-bond acceptors (Lipinski definition) is 10. The molecule has 16 heteroatoms. The Balaban J connectivity index is 1.13. The molecule has 3 atom stereocenters. The summed E-state index contributed by atoms with van der Waals surface area (Å²) in [4.78, 5) is 36.2. The van der Waals surface area contributed by atoms with Crippen LogP contribution < -0.4 is 26.0 Å². The van der Waals surface area contributed by atoms with Crippen molar-refractivity contribution in [3.05, 3.63) is 24.8 Å². The third kappa shape index (κ3) is 14.9. The summed E-state index contributed by atoms with van der Waals surface area (Å²) in [6, 6.07) is 4.04. The van der Waals surface area contributed by atoms with Gasteiger partial charge in [-0.25, -0.2) is 4.79 Å². The van der Waals surface area contributed by atoms with Crippen molar-refractivity contribution in [3.63, 3.8) is 0 Å². The topological polar surface area (TPSA) is 155 Å². The van der Waals surface area contributed by atoms with Crippen LogP contribution in [-0.2, 0) is 28.5 Å². The molecule has 2 heterocycles. The molecule has 2 aliphatic heterocycles. The van der Waals surface area contributed by atoms with Crippen molar-refractivity contribution < 1.29 is 42.8 Å². The van der Waals surface area contributed by atoms with E-state index in [0.29, 0.717) is 102 Å². The maximum Gasteiger partial charge on any atom is 0.315 e. The van der Waals surface area contributed by atoms with Crippen LogP contribution in [0.4, 0.5) is 4.79 Å². The molecule has 4 N–H and O–H groups in total. The second-order valence-electron chi connectivity index (χ2n) is 10.5. The number of amides is 4. The molecule has 0 radical (unpaired) electrons. The molecule has 1 aromatic carbocycles. The number of fused-ring (bicyclic) bond motifs is 1. The lowest BCUT2D eigenvalue weighted by Crippen LogP contribution is -2.36. The molecule has 0 spiro atoms. The lowest BCUT2D eigenvalue weighted by Gasteiger charge is -2.16. The van der Waals surface area contributed by atoms with Crippen LogP contribution in [0.5, 0.6) is 5.75 Å². The van der Waals surface area contributed by atoms with Crippen LogP contribution in [0.3, 0.4) is 0 Å². The second-order valence-corrected chi connectivity index (χ2v) is 14.1. The normalized spacial score (nSPS) is 18.6. The average molecular weight is 893 g/mol. The van der Waals surface area contributed by atoms with Crippen molar-refractivity contribution in [1.29, 1.82) is 0 Å². The van der Waals surface area contributed by atoms with Gasteiger partial charge in [-0.1, -0.05) is 6.42 Å². The zero-order valence-corrected chi connectivity index (χ0v) is 31.4. The maximum atomic E-state index is 12.7. The SMILES string of the molecule is COCCOCCOCCOc1cc(I)c(C(=O)NCCOCCOCCNC(=O)CCCCC2SCC3NC(=O)NC32)cc1I. The van der Waals surface area contributed by atoms with Gasteiger partial charge in [0, 0.05) is 41.2 Å². The van der Waals surface area contributed by atoms with E-state index in [1.807, 2.05) is 23.9 Å². The summed E-state index contributed by atoms with van der Waals surface area (Å²) in [5, 5.41) is 12.1. The van der Waals surface area contributed by atoms with Gasteiger partial charge in [0.25, 0.3) is 5.91 Å². The number of urea groups is 1. The molecular weight excluding hydrogens is 846 g/mol. The number of carbonyl (C=O) groups excluding carboxylic acids is 3. The summed E-state index contributed by atoms with van der Waals surface area (Å²) in [6.07, 6.45) is 3.28. The predicted octanol–water partition coefficient (Wildman–Crippen LogP) is 2.56. The molecular formula is C30H46I2N4O9S. The third-order valence-corrected chi connectivity index (χ3v) is 10.4. The van der Waals surface area contributed by atoms with Crippen LogP contribution in [-0.4, -0.2) is 127 Å². The molecule has 0 saturated carbocycles. The minimum Gasteiger partial charge on any atom is -0.490 e. The van der Waals surface area contributed by atoms with Gasteiger partial charge >= 0.3 is 6.03 Å². The number of benzene rings is 1. The summed E-state index contributed by atoms with van der Waals surface area (Å²) in [6.45, 7) is 5.34. The first-order valence-electron chi connectivity index (χ1n) is 15.5. The van der Waals surface area contributed by atoms with Gasteiger partial charge in [-0.3, -0.25) is 9.59 Å². The van der Waals surface area contributed by atoms with Crippen LogP contribution in [0.2, 0.25) is 0 Å². The lowest BCUT2D eigenvalue weighted by atomic mass is 10.0. The number of carbonyl (C=O) groups is 3. The Labute approximate surface area is 302 Å². The fourth-order valence-corrected chi connectivity index (χ4v) is 7.62. The number of hydrogen-bond donors (Lipinski definition) is 4. The molecule has 0 aromatic heterocycles. The van der Waals surface area contributed by atoms with E-state index in [2.05, 4.69) is 66.4 Å². The summed E-state index contributed by atoms with van der Waals surface area (Å²) in [5.74, 6) is 1.51. The van der Waals surface area contributed by atoms with Gasteiger partial charge in [-0.2, -0.15) is 11.8 Å². The van der Waals surface area contributed by atoms with E-state index in [9.17, 15) is 14.4 Å². The van der Waals surface area contributed by atoms with Crippen molar-refractivity contribution in [1.82, 2.24) is 21.3 Å². The Kier molecular flexibility index (Phi) is 19.8. The smallest absolute Gasteiger partial charge is 0.315 e. The quantitative estimate of drug-likeness (QED) is 0.0655. The first-order chi connectivity index (χ1) is 22.4. The molecule has 1 aromatic rings. The van der Waals surface area contributed by atoms with E-state index in [-0.39, 0.29) is 29.9 Å². The summed E-state index contributed by atoms with van der Waals surface area (Å²) in [7, 11) is 1.63. The van der Waals surface area contributed by atoms with Gasteiger partial charge in [-0.15, -0.1) is 0 Å². The minimum atomic E-state index is -0.174. The predicted molar refractivity (Wildman–Crippen MR) is 192 cm³/mol. The molecule has 2 aliphatic rings. The molecule has 2 saturated heterocycles. The first-order valence-corrected chi connectivity index (χ1v) is 18.7. The first kappa shape index (κ1) is 39.3. The Morgan fingerprint density at radius 1 is 0.848 bits per heavy atom. The van der Waals surface area contributed by atoms with E-state index in [1.165, 1.54) is 0 Å². The fraction of sp³-hybridized carbons (Fsp3) is 0.700. The number of ether oxygens (including phenoxy) is 6. The van der Waals surface area contributed by atoms with E-state index in [4.69, 9.17) is 28.4 Å². The van der Waals surface area contributed by atoms with Gasteiger partial charge in [0.05, 0.1) is 80.7 Å². The molecule has 0 bridgehead atoms. The number of thioether (sulfide) groups is 1. The van der Waals surface area contributed by atoms with Crippen LogP contribution in [0, 0.1) is 7.14 Å². The van der Waals surface area contributed by atoms with Gasteiger partial charge in [-0.05, 0) is 70.2 Å². The zero-order valence-electron chi connectivity index (χ0n) is 26.2. The van der Waals surface area contributed by atoms with Crippen LogP contribution in [0.25, 0.3) is 0 Å². The van der Waals surface area contributed by atoms with Crippen LogP contribution in [0.1, 0.15) is 36.0 Å². The van der Waals surface area contributed by atoms with Crippen molar-refractivity contribution in [3.8, 4) is 5.75 Å². The molecule has 4 amide bonds. The maximum absolute atomic E-state index is 12.7. The zero-order chi connectivity index (χ0) is 33.0. The molecule has 0 aliphatic carbocycles. The number of methoxy groups -OCH3 is 1. The molecule has 13 nitrogen and oxygen atoms in total. The van der Waals surface area contributed by atoms with Crippen LogP contribution in [0.15, 0.2) is 12.1 Å². The second kappa shape index (κ2) is 23.2. The molecule has 3 unspecified atom stereocenters. The molecule has 46 heavy (non-hydrogen) atoms. The minimum absolute atomic E-state index is 0.0241. The fourth-order valence-electron chi connectivity index (χ4n) is 4.77. The Morgan fingerprint density at radius 3 is 2.22 bits per heavy atom. The van der Waals surface area contributed by atoms with Crippen LogP contribution >= 0.6 is 56.9 Å². The average Bonchev–Trinajstić information content (AvgIpc) is 3.59. The standard InChI is InChI=1S/C30H46I2N4O9S/c1-40-10-11-43-14-15-44-16-17-45-25-19-22(31)21(18-23(25)32)29(38)34-7-9-42-13-12-41-8-6-33-27(37)5-3-2-4-26-28-24(20-46-26)35-30(39)36-28/h18-19,24,26,28H,2-17,20H2,1H3,(H,33,37)(H,34,38)(H2,35,36,39). The van der Waals surface area contributed by atoms with E-state index < -0.39 is 0 Å². The Bertz CT molecular complexity index is 1090. The van der Waals surface area contributed by atoms with Crippen molar-refractivity contribution in [2.75, 3.05) is 92.0 Å². The lowest BCUT2D eigenvalue weighted by molar-refractivity contribution is -0.121. The molecule has 2 fully saturated rings. The van der Waals surface area contributed by atoms with Gasteiger partial charge < -0.3 is 49.7 Å². The number of unbranched alkanes of at least 4 members (excludes halogenated alkanes) is 1. The largest absolute Gasteiger partial charge is 0.490 e. The summed E-state index contributed by atoms with van der Waals surface area (Å²) >= 11 is 6.19. The molecule has 260 valence electrons. The third-order valence-electron chi connectivity index (χ3n) is 7.11. The van der Waals surface area contributed by atoms with Gasteiger partial charge in [0.1, 0.15) is 12.4 Å². The number of halogens is 2. The highest BCUT2D eigenvalue weighted by Crippen LogP contribution is 2.33. The Hall–Kier alpha value is -1.16. The summed E-state index contributed by atoms with van der Waals surface area (Å²) in [5.41, 5.74) is 0.578. The monoisotopic (exact) mass is 892 g/mol. The Morgan fingerprint density at radius 2 is 1.50 bits per heavy atom. The van der Waals surface area contributed by atoms with E-state index >= 15 is 0 Å². The highest BCUT2D eigenvalue weighted by molar-refractivity contribution is 14.1. The van der Waals surface area contributed by atoms with E-state index in [0.717, 1.165) is 32.2 Å². The highest BCUT2D eigenvalue weighted by atomic mass is 127. The van der Waals surface area contributed by atoms with Gasteiger partial charge in [0.15, 0.2) is 0 Å². The van der Waals surface area contributed by atoms with Crippen molar-refractivity contribution in [2.24, 2.45) is 0 Å².